The fourth-order valence-corrected chi connectivity index (χ4v) is 3.30. The van der Waals surface area contributed by atoms with Crippen LogP contribution in [0.1, 0.15) is 12.2 Å². The lowest BCUT2D eigenvalue weighted by Crippen LogP contribution is -2.34. The highest BCUT2D eigenvalue weighted by Crippen LogP contribution is 2.38. The van der Waals surface area contributed by atoms with E-state index in [0.29, 0.717) is 5.76 Å². The Morgan fingerprint density at radius 1 is 1.14 bits per heavy atom. The molecule has 2 aromatic rings. The highest BCUT2D eigenvalue weighted by molar-refractivity contribution is 5.79. The molecule has 3 rings (SSSR count). The lowest BCUT2D eigenvalue weighted by atomic mass is 9.96. The molecule has 0 bridgehead atoms. The minimum atomic E-state index is -4.69. The third-order valence-corrected chi connectivity index (χ3v) is 4.80. The van der Waals surface area contributed by atoms with Crippen LogP contribution < -0.4 is 0 Å². The summed E-state index contributed by atoms with van der Waals surface area (Å²) in [6, 6.07) is 9.12. The quantitative estimate of drug-likeness (QED) is 0.778. The largest absolute Gasteiger partial charge is 0.481 e. The molecule has 0 saturated carbocycles. The van der Waals surface area contributed by atoms with Gasteiger partial charge in [0.25, 0.3) is 0 Å². The van der Waals surface area contributed by atoms with Gasteiger partial charge >= 0.3 is 12.1 Å². The van der Waals surface area contributed by atoms with E-state index in [9.17, 15) is 27.2 Å². The first-order valence-electron chi connectivity index (χ1n) is 8.57. The number of nitrogens with zero attached hydrogens (tertiary/aromatic N) is 1. The second-order valence-corrected chi connectivity index (χ2v) is 6.64. The van der Waals surface area contributed by atoms with Crippen molar-refractivity contribution in [3.8, 4) is 11.3 Å². The maximum atomic E-state index is 13.8. The number of amides is 1. The molecule has 150 valence electrons. The van der Waals surface area contributed by atoms with Crippen LogP contribution in [-0.2, 0) is 16.0 Å². The van der Waals surface area contributed by atoms with E-state index >= 15 is 0 Å². The van der Waals surface area contributed by atoms with Crippen molar-refractivity contribution in [2.24, 2.45) is 11.8 Å². The van der Waals surface area contributed by atoms with Crippen molar-refractivity contribution in [2.45, 2.75) is 19.0 Å². The van der Waals surface area contributed by atoms with Gasteiger partial charge in [-0.3, -0.25) is 9.59 Å². The molecule has 1 fully saturated rings. The zero-order valence-corrected chi connectivity index (χ0v) is 14.6. The Kier molecular flexibility index (Phi) is 5.44. The summed E-state index contributed by atoms with van der Waals surface area (Å²) in [6.07, 6.45) is -4.72. The molecule has 1 aliphatic rings. The normalized spacial score (nSPS) is 19.8. The Morgan fingerprint density at radius 2 is 1.86 bits per heavy atom. The number of carbonyl (C=O) groups excluding carboxylic acids is 1. The van der Waals surface area contributed by atoms with Gasteiger partial charge in [-0.2, -0.15) is 13.2 Å². The monoisotopic (exact) mass is 399 g/mol. The number of aryl methyl sites for hydroxylation is 1. The van der Waals surface area contributed by atoms with Gasteiger partial charge < -0.3 is 14.4 Å². The average Bonchev–Trinajstić information content (AvgIpc) is 3.27. The number of aliphatic carboxylic acids is 1. The van der Waals surface area contributed by atoms with Gasteiger partial charge in [0.15, 0.2) is 0 Å². The number of alkyl halides is 3. The van der Waals surface area contributed by atoms with Crippen LogP contribution in [0.15, 0.2) is 40.8 Å². The number of halogens is 4. The molecule has 1 saturated heterocycles. The molecular formula is C19H17F4NO4. The predicted molar refractivity (Wildman–Crippen MR) is 89.7 cm³/mol. The van der Waals surface area contributed by atoms with Crippen LogP contribution in [0.5, 0.6) is 0 Å². The topological polar surface area (TPSA) is 70.8 Å². The highest BCUT2D eigenvalue weighted by atomic mass is 19.4. The molecule has 0 unspecified atom stereocenters. The standard InChI is InChI=1S/C19H17F4NO4/c20-15-4-2-1-3-12(15)16-7-5-11(28-16)6-8-17(25)24-9-13(18(26)27)14(10-24)19(21,22)23/h1-5,7,13-14H,6,8-10H2,(H,26,27)/t13-,14-/m1/s1. The van der Waals surface area contributed by atoms with Gasteiger partial charge in [-0.05, 0) is 24.3 Å². The summed E-state index contributed by atoms with van der Waals surface area (Å²) in [5.41, 5.74) is 0.261. The minimum Gasteiger partial charge on any atom is -0.481 e. The number of rotatable bonds is 5. The maximum absolute atomic E-state index is 13.8. The highest BCUT2D eigenvalue weighted by Gasteiger charge is 2.53. The average molecular weight is 399 g/mol. The van der Waals surface area contributed by atoms with Gasteiger partial charge in [0, 0.05) is 25.9 Å². The molecule has 0 aliphatic carbocycles. The van der Waals surface area contributed by atoms with E-state index < -0.39 is 48.8 Å². The van der Waals surface area contributed by atoms with Crippen molar-refractivity contribution >= 4 is 11.9 Å². The van der Waals surface area contributed by atoms with Crippen LogP contribution in [0, 0.1) is 17.7 Å². The second-order valence-electron chi connectivity index (χ2n) is 6.64. The number of carboxylic acid groups (broad SMARTS) is 1. The minimum absolute atomic E-state index is 0.109. The van der Waals surface area contributed by atoms with Crippen LogP contribution >= 0.6 is 0 Å². The third-order valence-electron chi connectivity index (χ3n) is 4.80. The summed E-state index contributed by atoms with van der Waals surface area (Å²) in [5, 5.41) is 9.00. The van der Waals surface area contributed by atoms with Crippen molar-refractivity contribution in [3.05, 3.63) is 48.0 Å². The van der Waals surface area contributed by atoms with Gasteiger partial charge in [0.2, 0.25) is 5.91 Å². The summed E-state index contributed by atoms with van der Waals surface area (Å²) in [4.78, 5) is 24.3. The molecule has 0 spiro atoms. The van der Waals surface area contributed by atoms with Gasteiger partial charge in [-0.25, -0.2) is 4.39 Å². The Hall–Kier alpha value is -2.84. The van der Waals surface area contributed by atoms with E-state index in [1.54, 1.807) is 18.2 Å². The first kappa shape index (κ1) is 19.9. The van der Waals surface area contributed by atoms with Crippen molar-refractivity contribution < 1.29 is 36.7 Å². The third kappa shape index (κ3) is 4.18. The van der Waals surface area contributed by atoms with E-state index in [-0.39, 0.29) is 24.2 Å². The number of benzene rings is 1. The number of furan rings is 1. The molecule has 5 nitrogen and oxygen atoms in total. The van der Waals surface area contributed by atoms with E-state index in [1.807, 2.05) is 0 Å². The Balaban J connectivity index is 1.62. The smallest absolute Gasteiger partial charge is 0.394 e. The zero-order chi connectivity index (χ0) is 20.5. The van der Waals surface area contributed by atoms with Crippen molar-refractivity contribution in [1.29, 1.82) is 0 Å². The summed E-state index contributed by atoms with van der Waals surface area (Å²) >= 11 is 0. The summed E-state index contributed by atoms with van der Waals surface area (Å²) in [6.45, 7) is -1.14. The maximum Gasteiger partial charge on any atom is 0.394 e. The fraction of sp³-hybridized carbons (Fsp3) is 0.368. The van der Waals surface area contributed by atoms with E-state index in [1.165, 1.54) is 18.2 Å². The van der Waals surface area contributed by atoms with Gasteiger partial charge in [-0.1, -0.05) is 12.1 Å². The molecule has 9 heteroatoms. The summed E-state index contributed by atoms with van der Waals surface area (Å²) in [7, 11) is 0. The predicted octanol–water partition coefficient (Wildman–Crippen LogP) is 3.74. The van der Waals surface area contributed by atoms with Crippen molar-refractivity contribution in [2.75, 3.05) is 13.1 Å². The van der Waals surface area contributed by atoms with Gasteiger partial charge in [0.05, 0.1) is 17.4 Å². The van der Waals surface area contributed by atoms with E-state index in [2.05, 4.69) is 0 Å². The second kappa shape index (κ2) is 7.65. The molecule has 1 amide bonds. The number of hydrogen-bond acceptors (Lipinski definition) is 3. The SMILES string of the molecule is O=C(O)[C@@H]1CN(C(=O)CCc2ccc(-c3ccccc3F)o2)C[C@H]1C(F)(F)F. The summed E-state index contributed by atoms with van der Waals surface area (Å²) in [5.74, 6) is -5.70. The zero-order valence-electron chi connectivity index (χ0n) is 14.6. The first-order chi connectivity index (χ1) is 13.2. The first-order valence-corrected chi connectivity index (χ1v) is 8.57. The molecule has 1 aromatic heterocycles. The van der Waals surface area contributed by atoms with Crippen molar-refractivity contribution in [3.63, 3.8) is 0 Å². The van der Waals surface area contributed by atoms with Gasteiger partial charge in [0.1, 0.15) is 17.3 Å². The molecule has 2 atom stereocenters. The molecule has 1 aliphatic heterocycles. The molecular weight excluding hydrogens is 382 g/mol. The van der Waals surface area contributed by atoms with Crippen LogP contribution in [0.4, 0.5) is 17.6 Å². The molecule has 0 radical (unpaired) electrons. The van der Waals surface area contributed by atoms with E-state index in [4.69, 9.17) is 9.52 Å². The summed E-state index contributed by atoms with van der Waals surface area (Å²) < 4.78 is 58.3. The fourth-order valence-electron chi connectivity index (χ4n) is 3.30. The molecule has 1 aromatic carbocycles. The number of carboxylic acids is 1. The molecule has 28 heavy (non-hydrogen) atoms. The lowest BCUT2D eigenvalue weighted by molar-refractivity contribution is -0.188. The molecule has 2 heterocycles. The molecule has 1 N–H and O–H groups in total. The number of carbonyl (C=O) groups is 2. The van der Waals surface area contributed by atoms with Gasteiger partial charge in [-0.15, -0.1) is 0 Å². The Morgan fingerprint density at radius 3 is 2.46 bits per heavy atom. The van der Waals surface area contributed by atoms with Crippen LogP contribution in [0.2, 0.25) is 0 Å². The number of likely N-dealkylation sites (tertiary alicyclic amines) is 1. The van der Waals surface area contributed by atoms with E-state index in [0.717, 1.165) is 4.90 Å². The van der Waals surface area contributed by atoms with Crippen LogP contribution in [-0.4, -0.2) is 41.1 Å². The Bertz CT molecular complexity index is 877. The van der Waals surface area contributed by atoms with Crippen molar-refractivity contribution in [1.82, 2.24) is 4.90 Å². The van der Waals surface area contributed by atoms with Crippen LogP contribution in [0.3, 0.4) is 0 Å². The number of hydrogen-bond donors (Lipinski definition) is 1. The van der Waals surface area contributed by atoms with Crippen LogP contribution in [0.25, 0.3) is 11.3 Å². The Labute approximate surface area is 157 Å². The lowest BCUT2D eigenvalue weighted by Gasteiger charge is -2.18.